The maximum Gasteiger partial charge on any atom is 0.337 e. The molecule has 1 aromatic carbocycles. The van der Waals surface area contributed by atoms with Crippen LogP contribution in [0.5, 0.6) is 0 Å². The molecular formula is C17H26O2. The number of ether oxygens (including phenoxy) is 1. The van der Waals surface area contributed by atoms with Gasteiger partial charge in [-0.2, -0.15) is 0 Å². The average Bonchev–Trinajstić information content (AvgIpc) is 2.48. The molecule has 0 bridgehead atoms. The summed E-state index contributed by atoms with van der Waals surface area (Å²) in [5.74, 6) is -0.371. The molecule has 0 aliphatic heterocycles. The molecule has 106 valence electrons. The standard InChI is InChI=1S/C12H12O2.C3H8.C2H6/c1-3-11(12(13)14-2)9-10-7-5-4-6-8-10;1-3-2;1-2/h3-9H,1H2,2H3;3H2,1-2H3;1-2H3/b11-9+;;. The predicted molar refractivity (Wildman–Crippen MR) is 83.9 cm³/mol. The lowest BCUT2D eigenvalue weighted by molar-refractivity contribution is -0.135. The van der Waals surface area contributed by atoms with Crippen molar-refractivity contribution in [1.82, 2.24) is 0 Å². The molecule has 0 aliphatic carbocycles. The van der Waals surface area contributed by atoms with Crippen LogP contribution in [0.4, 0.5) is 0 Å². The summed E-state index contributed by atoms with van der Waals surface area (Å²) in [5, 5.41) is 0. The molecule has 0 heterocycles. The topological polar surface area (TPSA) is 26.3 Å². The Kier molecular flexibility index (Phi) is 14.6. The Labute approximate surface area is 117 Å². The monoisotopic (exact) mass is 262 g/mol. The normalized spacial score (nSPS) is 9.21. The number of methoxy groups -OCH3 is 1. The van der Waals surface area contributed by atoms with Gasteiger partial charge in [0.15, 0.2) is 0 Å². The number of carbonyl (C=O) groups is 1. The Morgan fingerprint density at radius 1 is 1.21 bits per heavy atom. The van der Waals surface area contributed by atoms with E-state index < -0.39 is 0 Å². The highest BCUT2D eigenvalue weighted by atomic mass is 16.5. The molecule has 0 saturated heterocycles. The van der Waals surface area contributed by atoms with Gasteiger partial charge < -0.3 is 4.74 Å². The van der Waals surface area contributed by atoms with E-state index in [1.54, 1.807) is 6.08 Å². The minimum Gasteiger partial charge on any atom is -0.465 e. The van der Waals surface area contributed by atoms with Crippen molar-refractivity contribution in [2.75, 3.05) is 7.11 Å². The van der Waals surface area contributed by atoms with Crippen molar-refractivity contribution >= 4 is 12.0 Å². The van der Waals surface area contributed by atoms with Gasteiger partial charge in [0.25, 0.3) is 0 Å². The highest BCUT2D eigenvalue weighted by Gasteiger charge is 2.04. The van der Waals surface area contributed by atoms with Crippen LogP contribution in [-0.2, 0) is 9.53 Å². The second-order valence-electron chi connectivity index (χ2n) is 3.41. The Morgan fingerprint density at radius 3 is 2.05 bits per heavy atom. The molecule has 1 rings (SSSR count). The van der Waals surface area contributed by atoms with Crippen molar-refractivity contribution in [3.63, 3.8) is 0 Å². The average molecular weight is 262 g/mol. The SMILES string of the molecule is C=C/C(=C\c1ccccc1)C(=O)OC.CC.CCC. The Hall–Kier alpha value is -1.83. The zero-order valence-electron chi connectivity index (χ0n) is 12.8. The van der Waals surface area contributed by atoms with Gasteiger partial charge in [0.05, 0.1) is 12.7 Å². The molecule has 0 saturated carbocycles. The Balaban J connectivity index is 0. The summed E-state index contributed by atoms with van der Waals surface area (Å²) in [6, 6.07) is 9.55. The van der Waals surface area contributed by atoms with Crippen LogP contribution in [0.3, 0.4) is 0 Å². The van der Waals surface area contributed by atoms with Crippen LogP contribution < -0.4 is 0 Å². The third-order valence-electron chi connectivity index (χ3n) is 1.76. The summed E-state index contributed by atoms with van der Waals surface area (Å²) in [7, 11) is 1.35. The van der Waals surface area contributed by atoms with E-state index in [4.69, 9.17) is 0 Å². The van der Waals surface area contributed by atoms with E-state index in [9.17, 15) is 4.79 Å². The van der Waals surface area contributed by atoms with Crippen LogP contribution in [0, 0.1) is 0 Å². The van der Waals surface area contributed by atoms with Gasteiger partial charge in [0, 0.05) is 0 Å². The van der Waals surface area contributed by atoms with Gasteiger partial charge >= 0.3 is 5.97 Å². The summed E-state index contributed by atoms with van der Waals surface area (Å²) in [6.07, 6.45) is 4.47. The summed E-state index contributed by atoms with van der Waals surface area (Å²) in [5.41, 5.74) is 1.41. The molecule has 0 spiro atoms. The summed E-state index contributed by atoms with van der Waals surface area (Å²) >= 11 is 0. The molecule has 0 fully saturated rings. The van der Waals surface area contributed by atoms with Crippen LogP contribution in [0.1, 0.15) is 39.7 Å². The first kappa shape index (κ1) is 19.5. The first-order chi connectivity index (χ1) is 9.19. The minimum atomic E-state index is -0.371. The van der Waals surface area contributed by atoms with Gasteiger partial charge in [-0.1, -0.05) is 77.1 Å². The number of hydrogen-bond donors (Lipinski definition) is 0. The molecule has 0 amide bonds. The first-order valence-electron chi connectivity index (χ1n) is 6.67. The van der Waals surface area contributed by atoms with Gasteiger partial charge in [-0.15, -0.1) is 0 Å². The second kappa shape index (κ2) is 14.2. The van der Waals surface area contributed by atoms with E-state index >= 15 is 0 Å². The molecule has 0 atom stereocenters. The lowest BCUT2D eigenvalue weighted by Gasteiger charge is -1.99. The Morgan fingerprint density at radius 2 is 1.68 bits per heavy atom. The van der Waals surface area contributed by atoms with Crippen molar-refractivity contribution in [2.45, 2.75) is 34.1 Å². The molecule has 2 heteroatoms. The van der Waals surface area contributed by atoms with Crippen LogP contribution in [0.25, 0.3) is 6.08 Å². The highest BCUT2D eigenvalue weighted by Crippen LogP contribution is 2.08. The van der Waals surface area contributed by atoms with Gasteiger partial charge in [-0.25, -0.2) is 4.79 Å². The van der Waals surface area contributed by atoms with E-state index in [0.29, 0.717) is 5.57 Å². The second-order valence-corrected chi connectivity index (χ2v) is 3.41. The first-order valence-corrected chi connectivity index (χ1v) is 6.67. The molecule has 0 aliphatic rings. The fourth-order valence-corrected chi connectivity index (χ4v) is 1.05. The van der Waals surface area contributed by atoms with E-state index in [1.807, 2.05) is 44.2 Å². The zero-order chi connectivity index (χ0) is 15.1. The minimum absolute atomic E-state index is 0.371. The van der Waals surface area contributed by atoms with Crippen LogP contribution in [0.15, 0.2) is 48.6 Å². The van der Waals surface area contributed by atoms with Gasteiger partial charge in [0.1, 0.15) is 0 Å². The number of esters is 1. The quantitative estimate of drug-likeness (QED) is 0.441. The van der Waals surface area contributed by atoms with Crippen molar-refractivity contribution in [1.29, 1.82) is 0 Å². The molecule has 0 N–H and O–H groups in total. The predicted octanol–water partition coefficient (Wildman–Crippen LogP) is 4.87. The maximum atomic E-state index is 11.2. The number of benzene rings is 1. The summed E-state index contributed by atoms with van der Waals surface area (Å²) in [6.45, 7) is 11.8. The van der Waals surface area contributed by atoms with Crippen LogP contribution in [0.2, 0.25) is 0 Å². The number of carbonyl (C=O) groups excluding carboxylic acids is 1. The molecule has 0 unspecified atom stereocenters. The van der Waals surface area contributed by atoms with Crippen molar-refractivity contribution in [2.24, 2.45) is 0 Å². The largest absolute Gasteiger partial charge is 0.465 e. The van der Waals surface area contributed by atoms with Crippen molar-refractivity contribution in [3.8, 4) is 0 Å². The third-order valence-corrected chi connectivity index (χ3v) is 1.76. The summed E-state index contributed by atoms with van der Waals surface area (Å²) in [4.78, 5) is 11.2. The Bertz CT molecular complexity index is 364. The smallest absolute Gasteiger partial charge is 0.337 e. The van der Waals surface area contributed by atoms with E-state index in [1.165, 1.54) is 19.6 Å². The number of rotatable bonds is 3. The highest BCUT2D eigenvalue weighted by molar-refractivity contribution is 5.96. The van der Waals surface area contributed by atoms with E-state index in [0.717, 1.165) is 5.56 Å². The van der Waals surface area contributed by atoms with Gasteiger partial charge in [-0.05, 0) is 11.6 Å². The van der Waals surface area contributed by atoms with Gasteiger partial charge in [-0.3, -0.25) is 0 Å². The molecule has 0 aromatic heterocycles. The van der Waals surface area contributed by atoms with Crippen LogP contribution >= 0.6 is 0 Å². The lowest BCUT2D eigenvalue weighted by atomic mass is 10.1. The zero-order valence-corrected chi connectivity index (χ0v) is 12.8. The van der Waals surface area contributed by atoms with E-state index in [-0.39, 0.29) is 5.97 Å². The molecular weight excluding hydrogens is 236 g/mol. The molecule has 1 aromatic rings. The fourth-order valence-electron chi connectivity index (χ4n) is 1.05. The lowest BCUT2D eigenvalue weighted by Crippen LogP contribution is -2.01. The third kappa shape index (κ3) is 9.83. The summed E-state index contributed by atoms with van der Waals surface area (Å²) < 4.78 is 4.60. The molecule has 2 nitrogen and oxygen atoms in total. The van der Waals surface area contributed by atoms with E-state index in [2.05, 4.69) is 25.2 Å². The molecule has 19 heavy (non-hydrogen) atoms. The van der Waals surface area contributed by atoms with Crippen molar-refractivity contribution in [3.05, 3.63) is 54.1 Å². The van der Waals surface area contributed by atoms with Crippen molar-refractivity contribution < 1.29 is 9.53 Å². The van der Waals surface area contributed by atoms with Crippen LogP contribution in [-0.4, -0.2) is 13.1 Å². The fraction of sp³-hybridized carbons (Fsp3) is 0.353. The molecule has 0 radical (unpaired) electrons. The number of hydrogen-bond acceptors (Lipinski definition) is 2. The van der Waals surface area contributed by atoms with Gasteiger partial charge in [0.2, 0.25) is 0 Å². The maximum absolute atomic E-state index is 11.2.